The monoisotopic (exact) mass is 283 g/mol. The predicted octanol–water partition coefficient (Wildman–Crippen LogP) is 0.521. The summed E-state index contributed by atoms with van der Waals surface area (Å²) in [6.07, 6.45) is 1.97. The molecule has 0 saturated carbocycles. The summed E-state index contributed by atoms with van der Waals surface area (Å²) in [6, 6.07) is 3.55. The number of aromatic nitrogens is 1. The summed E-state index contributed by atoms with van der Waals surface area (Å²) >= 11 is 0. The zero-order valence-electron chi connectivity index (χ0n) is 11.0. The highest BCUT2D eigenvalue weighted by Crippen LogP contribution is 2.20. The van der Waals surface area contributed by atoms with Crippen molar-refractivity contribution < 1.29 is 13.2 Å². The van der Waals surface area contributed by atoms with Crippen LogP contribution in [0.3, 0.4) is 0 Å². The molecule has 1 aromatic heterocycles. The van der Waals surface area contributed by atoms with Crippen molar-refractivity contribution >= 4 is 27.2 Å². The van der Waals surface area contributed by atoms with Gasteiger partial charge in [0.15, 0.2) is 9.84 Å². The van der Waals surface area contributed by atoms with E-state index < -0.39 is 15.8 Å². The van der Waals surface area contributed by atoms with Gasteiger partial charge in [-0.2, -0.15) is 0 Å². The van der Waals surface area contributed by atoms with E-state index in [0.29, 0.717) is 12.1 Å². The second-order valence-corrected chi connectivity index (χ2v) is 7.12. The summed E-state index contributed by atoms with van der Waals surface area (Å²) in [5.41, 5.74) is 0.583. The topological polar surface area (TPSA) is 79.4 Å². The third-order valence-corrected chi connectivity index (χ3v) is 4.84. The van der Waals surface area contributed by atoms with Crippen molar-refractivity contribution in [2.75, 3.05) is 35.8 Å². The molecule has 1 aliphatic heterocycles. The molecule has 1 aromatic rings. The van der Waals surface area contributed by atoms with Gasteiger partial charge in [-0.1, -0.05) is 0 Å². The van der Waals surface area contributed by atoms with Gasteiger partial charge in [-0.25, -0.2) is 13.4 Å². The standard InChI is InChI=1S/C12H17N3O3S/c1-15(2)11-4-3-10(7-13-11)14-12(16)9-5-6-19(17,18)8-9/h3-4,7,9H,5-6,8H2,1-2H3,(H,14,16)/t9-/m1/s1. The van der Waals surface area contributed by atoms with Gasteiger partial charge in [0.2, 0.25) is 5.91 Å². The van der Waals surface area contributed by atoms with E-state index in [0.717, 1.165) is 5.82 Å². The smallest absolute Gasteiger partial charge is 0.228 e. The largest absolute Gasteiger partial charge is 0.363 e. The van der Waals surface area contributed by atoms with Gasteiger partial charge < -0.3 is 10.2 Å². The number of nitrogens with one attached hydrogen (secondary N) is 1. The van der Waals surface area contributed by atoms with Crippen LogP contribution in [-0.2, 0) is 14.6 Å². The van der Waals surface area contributed by atoms with E-state index in [1.807, 2.05) is 19.0 Å². The number of amides is 1. The van der Waals surface area contributed by atoms with E-state index in [1.165, 1.54) is 0 Å². The van der Waals surface area contributed by atoms with Crippen LogP contribution in [-0.4, -0.2) is 44.9 Å². The van der Waals surface area contributed by atoms with Crippen molar-refractivity contribution in [3.05, 3.63) is 18.3 Å². The van der Waals surface area contributed by atoms with Crippen LogP contribution in [0, 0.1) is 5.92 Å². The number of hydrogen-bond donors (Lipinski definition) is 1. The maximum absolute atomic E-state index is 11.9. The maximum atomic E-state index is 11.9. The molecule has 0 bridgehead atoms. The minimum absolute atomic E-state index is 0.0535. The lowest BCUT2D eigenvalue weighted by Crippen LogP contribution is -2.23. The molecule has 19 heavy (non-hydrogen) atoms. The number of rotatable bonds is 3. The third-order valence-electron chi connectivity index (χ3n) is 3.08. The molecule has 0 aliphatic carbocycles. The van der Waals surface area contributed by atoms with Crippen molar-refractivity contribution in [3.63, 3.8) is 0 Å². The second kappa shape index (κ2) is 5.16. The van der Waals surface area contributed by atoms with Crippen LogP contribution in [0.2, 0.25) is 0 Å². The summed E-state index contributed by atoms with van der Waals surface area (Å²) in [6.45, 7) is 0. The number of hydrogen-bond acceptors (Lipinski definition) is 5. The Bertz CT molecular complexity index is 566. The molecule has 0 spiro atoms. The Balaban J connectivity index is 1.99. The van der Waals surface area contributed by atoms with E-state index in [2.05, 4.69) is 10.3 Å². The van der Waals surface area contributed by atoms with Crippen LogP contribution in [0.5, 0.6) is 0 Å². The highest BCUT2D eigenvalue weighted by Gasteiger charge is 2.32. The molecular weight excluding hydrogens is 266 g/mol. The molecular formula is C12H17N3O3S. The molecule has 1 saturated heterocycles. The van der Waals surface area contributed by atoms with E-state index in [4.69, 9.17) is 0 Å². The lowest BCUT2D eigenvalue weighted by Gasteiger charge is -2.12. The molecule has 1 atom stereocenters. The van der Waals surface area contributed by atoms with Crippen molar-refractivity contribution in [3.8, 4) is 0 Å². The Labute approximate surface area is 112 Å². The molecule has 2 rings (SSSR count). The minimum atomic E-state index is -3.03. The number of nitrogens with zero attached hydrogens (tertiary/aromatic N) is 2. The highest BCUT2D eigenvalue weighted by molar-refractivity contribution is 7.91. The maximum Gasteiger partial charge on any atom is 0.228 e. The Kier molecular flexibility index (Phi) is 3.75. The third kappa shape index (κ3) is 3.44. The number of sulfone groups is 1. The van der Waals surface area contributed by atoms with Gasteiger partial charge in [0.05, 0.1) is 29.3 Å². The first-order chi connectivity index (χ1) is 8.87. The van der Waals surface area contributed by atoms with Gasteiger partial charge in [-0.3, -0.25) is 4.79 Å². The van der Waals surface area contributed by atoms with Gasteiger partial charge >= 0.3 is 0 Å². The van der Waals surface area contributed by atoms with Crippen molar-refractivity contribution in [2.45, 2.75) is 6.42 Å². The molecule has 1 fully saturated rings. The van der Waals surface area contributed by atoms with Crippen molar-refractivity contribution in [2.24, 2.45) is 5.92 Å². The van der Waals surface area contributed by atoms with Crippen LogP contribution >= 0.6 is 0 Å². The molecule has 6 nitrogen and oxygen atoms in total. The second-order valence-electron chi connectivity index (χ2n) is 4.89. The summed E-state index contributed by atoms with van der Waals surface area (Å²) in [7, 11) is 0.724. The van der Waals surface area contributed by atoms with E-state index in [1.54, 1.807) is 18.3 Å². The van der Waals surface area contributed by atoms with E-state index >= 15 is 0 Å². The van der Waals surface area contributed by atoms with Gasteiger partial charge in [0.1, 0.15) is 5.82 Å². The molecule has 104 valence electrons. The zero-order chi connectivity index (χ0) is 14.0. The van der Waals surface area contributed by atoms with Gasteiger partial charge in [0.25, 0.3) is 0 Å². The molecule has 0 radical (unpaired) electrons. The zero-order valence-corrected chi connectivity index (χ0v) is 11.8. The van der Waals surface area contributed by atoms with Crippen LogP contribution in [0.4, 0.5) is 11.5 Å². The molecule has 0 aromatic carbocycles. The van der Waals surface area contributed by atoms with Crippen LogP contribution < -0.4 is 10.2 Å². The normalized spacial score (nSPS) is 21.1. The molecule has 7 heteroatoms. The van der Waals surface area contributed by atoms with Gasteiger partial charge in [-0.15, -0.1) is 0 Å². The van der Waals surface area contributed by atoms with Crippen LogP contribution in [0.1, 0.15) is 6.42 Å². The van der Waals surface area contributed by atoms with Crippen LogP contribution in [0.25, 0.3) is 0 Å². The van der Waals surface area contributed by atoms with Gasteiger partial charge in [-0.05, 0) is 18.6 Å². The molecule has 1 aliphatic rings. The average molecular weight is 283 g/mol. The summed E-state index contributed by atoms with van der Waals surface area (Å²) in [5, 5.41) is 2.70. The Hall–Kier alpha value is -1.63. The number of pyridine rings is 1. The van der Waals surface area contributed by atoms with E-state index in [9.17, 15) is 13.2 Å². The number of anilines is 2. The Morgan fingerprint density at radius 2 is 2.16 bits per heavy atom. The number of carbonyl (C=O) groups excluding carboxylic acids is 1. The molecule has 1 amide bonds. The minimum Gasteiger partial charge on any atom is -0.363 e. The fraction of sp³-hybridized carbons (Fsp3) is 0.500. The first-order valence-corrected chi connectivity index (χ1v) is 7.84. The first-order valence-electron chi connectivity index (χ1n) is 6.02. The van der Waals surface area contributed by atoms with E-state index in [-0.39, 0.29) is 17.4 Å². The Morgan fingerprint density at radius 3 is 2.63 bits per heavy atom. The first kappa shape index (κ1) is 13.8. The SMILES string of the molecule is CN(C)c1ccc(NC(=O)[C@@H]2CCS(=O)(=O)C2)cn1. The fourth-order valence-corrected chi connectivity index (χ4v) is 3.71. The summed E-state index contributed by atoms with van der Waals surface area (Å²) < 4.78 is 22.6. The fourth-order valence-electron chi connectivity index (χ4n) is 1.97. The lowest BCUT2D eigenvalue weighted by molar-refractivity contribution is -0.119. The molecule has 2 heterocycles. The molecule has 0 unspecified atom stereocenters. The number of carbonyl (C=O) groups is 1. The average Bonchev–Trinajstić information content (AvgIpc) is 2.70. The summed E-state index contributed by atoms with van der Waals surface area (Å²) in [4.78, 5) is 17.9. The Morgan fingerprint density at radius 1 is 1.42 bits per heavy atom. The molecule has 1 N–H and O–H groups in total. The highest BCUT2D eigenvalue weighted by atomic mass is 32.2. The summed E-state index contributed by atoms with van der Waals surface area (Å²) in [5.74, 6) is 0.144. The quantitative estimate of drug-likeness (QED) is 0.875. The predicted molar refractivity (Wildman–Crippen MR) is 74.0 cm³/mol. The van der Waals surface area contributed by atoms with Crippen molar-refractivity contribution in [1.29, 1.82) is 0 Å². The lowest BCUT2D eigenvalue weighted by atomic mass is 10.1. The van der Waals surface area contributed by atoms with Crippen molar-refractivity contribution in [1.82, 2.24) is 4.98 Å². The van der Waals surface area contributed by atoms with Gasteiger partial charge in [0, 0.05) is 14.1 Å². The van der Waals surface area contributed by atoms with Crippen LogP contribution in [0.15, 0.2) is 18.3 Å².